The molecule has 0 saturated carbocycles. The highest BCUT2D eigenvalue weighted by atomic mass is 16.5. The predicted molar refractivity (Wildman–Crippen MR) is 133 cm³/mol. The smallest absolute Gasteiger partial charge is 0.307 e. The van der Waals surface area contributed by atoms with Gasteiger partial charge in [-0.25, -0.2) is 4.98 Å². The minimum atomic E-state index is -0.863. The molecule has 0 aliphatic carbocycles. The quantitative estimate of drug-likeness (QED) is 0.326. The van der Waals surface area contributed by atoms with Crippen molar-refractivity contribution in [1.29, 1.82) is 0 Å². The molecule has 4 rings (SSSR count). The SMILES string of the molecule is CCCCC(CC(=O)O)Oc1ccc(-n2cnc3cc(C(=O)NCc4cccnc4)ccc32)cc1. The van der Waals surface area contributed by atoms with Crippen LogP contribution in [0.5, 0.6) is 5.75 Å². The number of hydrogen-bond donors (Lipinski definition) is 2. The lowest BCUT2D eigenvalue weighted by Crippen LogP contribution is -2.22. The maximum Gasteiger partial charge on any atom is 0.307 e. The van der Waals surface area contributed by atoms with E-state index >= 15 is 0 Å². The number of hydrogen-bond acceptors (Lipinski definition) is 5. The third-order valence-electron chi connectivity index (χ3n) is 5.68. The van der Waals surface area contributed by atoms with E-state index in [0.29, 0.717) is 29.8 Å². The van der Waals surface area contributed by atoms with Crippen molar-refractivity contribution in [3.8, 4) is 11.4 Å². The number of carboxylic acids is 1. The summed E-state index contributed by atoms with van der Waals surface area (Å²) in [4.78, 5) is 32.3. The molecule has 1 unspecified atom stereocenters. The molecule has 8 nitrogen and oxygen atoms in total. The number of carboxylic acid groups (broad SMARTS) is 1. The molecule has 2 N–H and O–H groups in total. The van der Waals surface area contributed by atoms with E-state index in [-0.39, 0.29) is 18.4 Å². The van der Waals surface area contributed by atoms with Crippen LogP contribution in [-0.2, 0) is 11.3 Å². The van der Waals surface area contributed by atoms with Crippen LogP contribution >= 0.6 is 0 Å². The van der Waals surface area contributed by atoms with Gasteiger partial charge in [-0.2, -0.15) is 0 Å². The molecule has 0 saturated heterocycles. The molecule has 35 heavy (non-hydrogen) atoms. The van der Waals surface area contributed by atoms with Crippen molar-refractivity contribution in [2.45, 2.75) is 45.3 Å². The second-order valence-electron chi connectivity index (χ2n) is 8.34. The van der Waals surface area contributed by atoms with Crippen LogP contribution in [0.4, 0.5) is 0 Å². The highest BCUT2D eigenvalue weighted by molar-refractivity contribution is 5.97. The number of fused-ring (bicyclic) bond motifs is 1. The maximum absolute atomic E-state index is 12.6. The van der Waals surface area contributed by atoms with Gasteiger partial charge in [0.15, 0.2) is 0 Å². The summed E-state index contributed by atoms with van der Waals surface area (Å²) in [6, 6.07) is 16.6. The van der Waals surface area contributed by atoms with Gasteiger partial charge in [0.05, 0.1) is 17.5 Å². The molecule has 2 heterocycles. The lowest BCUT2D eigenvalue weighted by molar-refractivity contribution is -0.138. The Morgan fingerprint density at radius 2 is 1.97 bits per heavy atom. The predicted octanol–water partition coefficient (Wildman–Crippen LogP) is 4.76. The minimum Gasteiger partial charge on any atom is -0.490 e. The lowest BCUT2D eigenvalue weighted by Gasteiger charge is -2.17. The molecule has 0 spiro atoms. The van der Waals surface area contributed by atoms with Crippen LogP contribution in [0.1, 0.15) is 48.5 Å². The zero-order valence-electron chi connectivity index (χ0n) is 19.6. The summed E-state index contributed by atoms with van der Waals surface area (Å²) in [5.74, 6) is -0.406. The van der Waals surface area contributed by atoms with Crippen molar-refractivity contribution in [3.63, 3.8) is 0 Å². The van der Waals surface area contributed by atoms with Crippen LogP contribution in [-0.4, -0.2) is 37.6 Å². The first-order valence-corrected chi connectivity index (χ1v) is 11.7. The fraction of sp³-hybridized carbons (Fsp3) is 0.259. The number of ether oxygens (including phenoxy) is 1. The molecule has 2 aromatic heterocycles. The molecular formula is C27H28N4O4. The van der Waals surface area contributed by atoms with Gasteiger partial charge in [0, 0.05) is 30.2 Å². The number of unbranched alkanes of at least 4 members (excludes halogenated alkanes) is 1. The Morgan fingerprint density at radius 1 is 1.14 bits per heavy atom. The molecule has 4 aromatic rings. The number of pyridine rings is 1. The fourth-order valence-corrected chi connectivity index (χ4v) is 3.85. The van der Waals surface area contributed by atoms with Gasteiger partial charge in [0.25, 0.3) is 5.91 Å². The molecule has 0 fully saturated rings. The van der Waals surface area contributed by atoms with Gasteiger partial charge in [0.1, 0.15) is 18.2 Å². The summed E-state index contributed by atoms with van der Waals surface area (Å²) in [6.07, 6.45) is 7.36. The number of carbonyl (C=O) groups is 2. The Kier molecular flexibility index (Phi) is 7.72. The van der Waals surface area contributed by atoms with Crippen molar-refractivity contribution in [3.05, 3.63) is 84.4 Å². The summed E-state index contributed by atoms with van der Waals surface area (Å²) in [6.45, 7) is 2.47. The molecular weight excluding hydrogens is 444 g/mol. The molecule has 180 valence electrons. The van der Waals surface area contributed by atoms with E-state index in [1.807, 2.05) is 47.0 Å². The first kappa shape index (κ1) is 23.9. The van der Waals surface area contributed by atoms with E-state index in [4.69, 9.17) is 9.84 Å². The first-order chi connectivity index (χ1) is 17.0. The molecule has 2 aromatic carbocycles. The van der Waals surface area contributed by atoms with Gasteiger partial charge in [-0.15, -0.1) is 0 Å². The van der Waals surface area contributed by atoms with Crippen LogP contribution in [0, 0.1) is 0 Å². The molecule has 0 bridgehead atoms. The van der Waals surface area contributed by atoms with E-state index in [2.05, 4.69) is 22.2 Å². The number of benzene rings is 2. The third-order valence-corrected chi connectivity index (χ3v) is 5.68. The summed E-state index contributed by atoms with van der Waals surface area (Å²) < 4.78 is 7.86. The fourth-order valence-electron chi connectivity index (χ4n) is 3.85. The van der Waals surface area contributed by atoms with E-state index in [1.165, 1.54) is 0 Å². The second kappa shape index (κ2) is 11.3. The standard InChI is InChI=1S/C27H28N4O4/c1-2-3-6-23(15-26(32)33)35-22-10-8-21(9-11-22)31-18-30-24-14-20(7-12-25(24)31)27(34)29-17-19-5-4-13-28-16-19/h4-5,7-14,16,18,23H,2-3,6,15,17H2,1H3,(H,29,34)(H,32,33). The largest absolute Gasteiger partial charge is 0.490 e. The van der Waals surface area contributed by atoms with Crippen LogP contribution in [0.2, 0.25) is 0 Å². The van der Waals surface area contributed by atoms with Crippen LogP contribution in [0.15, 0.2) is 73.3 Å². The topological polar surface area (TPSA) is 106 Å². The van der Waals surface area contributed by atoms with E-state index < -0.39 is 5.97 Å². The number of nitrogens with one attached hydrogen (secondary N) is 1. The number of aliphatic carboxylic acids is 1. The first-order valence-electron chi connectivity index (χ1n) is 11.7. The average molecular weight is 473 g/mol. The van der Waals surface area contributed by atoms with E-state index in [0.717, 1.165) is 29.6 Å². The zero-order valence-corrected chi connectivity index (χ0v) is 19.6. The molecule has 0 aliphatic rings. The van der Waals surface area contributed by atoms with Gasteiger partial charge >= 0.3 is 5.97 Å². The highest BCUT2D eigenvalue weighted by Crippen LogP contribution is 2.23. The van der Waals surface area contributed by atoms with Gasteiger partial charge in [0.2, 0.25) is 0 Å². The van der Waals surface area contributed by atoms with Gasteiger partial charge in [-0.1, -0.05) is 25.8 Å². The van der Waals surface area contributed by atoms with Crippen molar-refractivity contribution in [1.82, 2.24) is 19.9 Å². The Labute approximate surface area is 203 Å². The van der Waals surface area contributed by atoms with Crippen LogP contribution in [0.25, 0.3) is 16.7 Å². The molecule has 8 heteroatoms. The summed E-state index contributed by atoms with van der Waals surface area (Å²) in [7, 11) is 0. The monoisotopic (exact) mass is 472 g/mol. The van der Waals surface area contributed by atoms with E-state index in [1.54, 1.807) is 30.9 Å². The van der Waals surface area contributed by atoms with Crippen molar-refractivity contribution in [2.24, 2.45) is 0 Å². The van der Waals surface area contributed by atoms with Crippen molar-refractivity contribution in [2.75, 3.05) is 0 Å². The summed E-state index contributed by atoms with van der Waals surface area (Å²) in [5.41, 5.74) is 3.93. The van der Waals surface area contributed by atoms with Crippen molar-refractivity contribution >= 4 is 22.9 Å². The number of amides is 1. The molecule has 1 atom stereocenters. The Morgan fingerprint density at radius 3 is 2.69 bits per heavy atom. The van der Waals surface area contributed by atoms with Gasteiger partial charge in [-0.05, 0) is 60.5 Å². The van der Waals surface area contributed by atoms with Gasteiger partial charge < -0.3 is 15.2 Å². The number of nitrogens with zero attached hydrogens (tertiary/aromatic N) is 3. The molecule has 1 amide bonds. The van der Waals surface area contributed by atoms with Crippen LogP contribution < -0.4 is 10.1 Å². The summed E-state index contributed by atoms with van der Waals surface area (Å²) >= 11 is 0. The zero-order chi connectivity index (χ0) is 24.6. The van der Waals surface area contributed by atoms with E-state index in [9.17, 15) is 9.59 Å². The number of aromatic nitrogens is 3. The Hall–Kier alpha value is -4.20. The normalized spacial score (nSPS) is 11.8. The average Bonchev–Trinajstić information content (AvgIpc) is 3.30. The number of imidazole rings is 1. The summed E-state index contributed by atoms with van der Waals surface area (Å²) in [5, 5.41) is 12.0. The second-order valence-corrected chi connectivity index (χ2v) is 8.34. The number of rotatable bonds is 11. The lowest BCUT2D eigenvalue weighted by atomic mass is 10.1. The molecule has 0 aliphatic heterocycles. The van der Waals surface area contributed by atoms with Crippen molar-refractivity contribution < 1.29 is 19.4 Å². The Bertz CT molecular complexity index is 1290. The Balaban J connectivity index is 1.45. The number of carbonyl (C=O) groups excluding carboxylic acids is 1. The maximum atomic E-state index is 12.6. The minimum absolute atomic E-state index is 0.0218. The van der Waals surface area contributed by atoms with Crippen LogP contribution in [0.3, 0.4) is 0 Å². The highest BCUT2D eigenvalue weighted by Gasteiger charge is 2.15. The van der Waals surface area contributed by atoms with Gasteiger partial charge in [-0.3, -0.25) is 19.1 Å². The molecule has 0 radical (unpaired) electrons. The third kappa shape index (κ3) is 6.23.